The largest absolute Gasteiger partial charge is 0.443 e. The second kappa shape index (κ2) is 3.62. The van der Waals surface area contributed by atoms with Crippen molar-refractivity contribution in [3.63, 3.8) is 0 Å². The number of oxazole rings is 2. The highest BCUT2D eigenvalue weighted by atomic mass is 16.3. The third kappa shape index (κ3) is 1.48. The van der Waals surface area contributed by atoms with E-state index >= 15 is 0 Å². The SMILES string of the molecule is c1cc(-c2ncco2)nc(-c2ncco2)c1. The standard InChI is InChI=1S/C11H7N3O2/c1-2-8(10-12-4-6-15-10)14-9(3-1)11-13-5-7-16-11/h1-7H. The first-order chi connectivity index (χ1) is 7.93. The number of aromatic nitrogens is 3. The van der Waals surface area contributed by atoms with Crippen LogP contribution in [0.5, 0.6) is 0 Å². The normalized spacial score (nSPS) is 10.5. The third-order valence-corrected chi connectivity index (χ3v) is 2.05. The number of rotatable bonds is 2. The highest BCUT2D eigenvalue weighted by molar-refractivity contribution is 5.54. The molecule has 5 heteroatoms. The van der Waals surface area contributed by atoms with Gasteiger partial charge < -0.3 is 8.83 Å². The summed E-state index contributed by atoms with van der Waals surface area (Å²) >= 11 is 0. The van der Waals surface area contributed by atoms with Crippen LogP contribution in [0.1, 0.15) is 0 Å². The Labute approximate surface area is 90.8 Å². The van der Waals surface area contributed by atoms with Gasteiger partial charge in [-0.25, -0.2) is 15.0 Å². The topological polar surface area (TPSA) is 65.0 Å². The van der Waals surface area contributed by atoms with Crippen molar-refractivity contribution < 1.29 is 8.83 Å². The van der Waals surface area contributed by atoms with Gasteiger partial charge in [0.25, 0.3) is 0 Å². The van der Waals surface area contributed by atoms with Crippen molar-refractivity contribution in [2.75, 3.05) is 0 Å². The van der Waals surface area contributed by atoms with E-state index in [0.717, 1.165) is 0 Å². The fraction of sp³-hybridized carbons (Fsp3) is 0. The highest BCUT2D eigenvalue weighted by Gasteiger charge is 2.08. The maximum absolute atomic E-state index is 5.17. The molecule has 0 bridgehead atoms. The molecule has 0 fully saturated rings. The van der Waals surface area contributed by atoms with Crippen LogP contribution in [-0.4, -0.2) is 15.0 Å². The highest BCUT2D eigenvalue weighted by Crippen LogP contribution is 2.19. The average molecular weight is 213 g/mol. The van der Waals surface area contributed by atoms with Crippen molar-refractivity contribution in [3.05, 3.63) is 43.1 Å². The van der Waals surface area contributed by atoms with E-state index in [9.17, 15) is 0 Å². The van der Waals surface area contributed by atoms with E-state index in [1.807, 2.05) is 18.2 Å². The summed E-state index contributed by atoms with van der Waals surface area (Å²) in [5.41, 5.74) is 1.31. The fourth-order valence-electron chi connectivity index (χ4n) is 1.37. The van der Waals surface area contributed by atoms with Gasteiger partial charge >= 0.3 is 0 Å². The molecular weight excluding hydrogens is 206 g/mol. The summed E-state index contributed by atoms with van der Waals surface area (Å²) in [5, 5.41) is 0. The maximum Gasteiger partial charge on any atom is 0.245 e. The Kier molecular flexibility index (Phi) is 2.00. The molecule has 0 aliphatic heterocycles. The Morgan fingerprint density at radius 2 is 1.38 bits per heavy atom. The van der Waals surface area contributed by atoms with E-state index in [2.05, 4.69) is 15.0 Å². The van der Waals surface area contributed by atoms with Gasteiger partial charge in [-0.2, -0.15) is 0 Å². The van der Waals surface area contributed by atoms with Crippen LogP contribution in [0.2, 0.25) is 0 Å². The van der Waals surface area contributed by atoms with E-state index in [1.54, 1.807) is 12.4 Å². The molecule has 0 aromatic carbocycles. The second-order valence-electron chi connectivity index (χ2n) is 3.08. The summed E-state index contributed by atoms with van der Waals surface area (Å²) in [5.74, 6) is 0.960. The molecule has 0 N–H and O–H groups in total. The monoisotopic (exact) mass is 213 g/mol. The Morgan fingerprint density at radius 3 is 1.81 bits per heavy atom. The molecule has 5 nitrogen and oxygen atoms in total. The Hall–Kier alpha value is -2.43. The van der Waals surface area contributed by atoms with Crippen LogP contribution in [0.4, 0.5) is 0 Å². The molecule has 3 aromatic rings. The minimum absolute atomic E-state index is 0.480. The number of hydrogen-bond acceptors (Lipinski definition) is 5. The predicted octanol–water partition coefficient (Wildman–Crippen LogP) is 2.39. The van der Waals surface area contributed by atoms with Crippen molar-refractivity contribution in [3.8, 4) is 23.2 Å². The van der Waals surface area contributed by atoms with E-state index in [4.69, 9.17) is 8.83 Å². The molecule has 78 valence electrons. The predicted molar refractivity (Wildman–Crippen MR) is 55.2 cm³/mol. The van der Waals surface area contributed by atoms with Crippen molar-refractivity contribution >= 4 is 0 Å². The molecule has 0 amide bonds. The number of nitrogens with zero attached hydrogens (tertiary/aromatic N) is 3. The molecule has 0 spiro atoms. The van der Waals surface area contributed by atoms with Crippen LogP contribution in [0.3, 0.4) is 0 Å². The second-order valence-corrected chi connectivity index (χ2v) is 3.08. The lowest BCUT2D eigenvalue weighted by molar-refractivity contribution is 0.567. The molecule has 3 heterocycles. The summed E-state index contributed by atoms with van der Waals surface area (Å²) in [7, 11) is 0. The van der Waals surface area contributed by atoms with E-state index in [1.165, 1.54) is 12.5 Å². The van der Waals surface area contributed by atoms with Gasteiger partial charge in [-0.05, 0) is 12.1 Å². The minimum Gasteiger partial charge on any atom is -0.443 e. The average Bonchev–Trinajstić information content (AvgIpc) is 3.03. The zero-order valence-electron chi connectivity index (χ0n) is 8.20. The lowest BCUT2D eigenvalue weighted by Gasteiger charge is -1.97. The third-order valence-electron chi connectivity index (χ3n) is 2.05. The van der Waals surface area contributed by atoms with Gasteiger partial charge in [-0.3, -0.25) is 0 Å². The molecule has 3 aromatic heterocycles. The first kappa shape index (κ1) is 8.84. The number of hydrogen-bond donors (Lipinski definition) is 0. The van der Waals surface area contributed by atoms with Gasteiger partial charge in [0.05, 0.1) is 12.4 Å². The van der Waals surface area contributed by atoms with E-state index < -0.39 is 0 Å². The van der Waals surface area contributed by atoms with Crippen LogP contribution >= 0.6 is 0 Å². The molecule has 0 unspecified atom stereocenters. The van der Waals surface area contributed by atoms with Crippen molar-refractivity contribution in [1.29, 1.82) is 0 Å². The van der Waals surface area contributed by atoms with Gasteiger partial charge in [0.15, 0.2) is 0 Å². The molecule has 0 aliphatic carbocycles. The molecule has 0 atom stereocenters. The first-order valence-electron chi connectivity index (χ1n) is 4.70. The van der Waals surface area contributed by atoms with Crippen molar-refractivity contribution in [1.82, 2.24) is 15.0 Å². The Balaban J connectivity index is 2.07. The number of pyridine rings is 1. The van der Waals surface area contributed by atoms with Crippen molar-refractivity contribution in [2.24, 2.45) is 0 Å². The summed E-state index contributed by atoms with van der Waals surface area (Å²) in [6.07, 6.45) is 6.17. The quantitative estimate of drug-likeness (QED) is 0.653. The Morgan fingerprint density at radius 1 is 0.812 bits per heavy atom. The zero-order chi connectivity index (χ0) is 10.8. The summed E-state index contributed by atoms with van der Waals surface area (Å²) in [6, 6.07) is 5.49. The molecule has 3 rings (SSSR count). The lowest BCUT2D eigenvalue weighted by Crippen LogP contribution is -1.87. The van der Waals surface area contributed by atoms with Gasteiger partial charge in [-0.1, -0.05) is 6.07 Å². The molecule has 16 heavy (non-hydrogen) atoms. The van der Waals surface area contributed by atoms with Crippen LogP contribution in [-0.2, 0) is 0 Å². The van der Waals surface area contributed by atoms with E-state index in [0.29, 0.717) is 23.2 Å². The zero-order valence-corrected chi connectivity index (χ0v) is 8.20. The van der Waals surface area contributed by atoms with Gasteiger partial charge in [0.1, 0.15) is 23.9 Å². The van der Waals surface area contributed by atoms with Crippen LogP contribution < -0.4 is 0 Å². The summed E-state index contributed by atoms with van der Waals surface area (Å²) in [6.45, 7) is 0. The molecule has 0 radical (unpaired) electrons. The van der Waals surface area contributed by atoms with Gasteiger partial charge in [-0.15, -0.1) is 0 Å². The Bertz CT molecular complexity index is 524. The lowest BCUT2D eigenvalue weighted by atomic mass is 10.3. The van der Waals surface area contributed by atoms with Gasteiger partial charge in [0, 0.05) is 0 Å². The smallest absolute Gasteiger partial charge is 0.245 e. The summed E-state index contributed by atoms with van der Waals surface area (Å²) in [4.78, 5) is 12.4. The van der Waals surface area contributed by atoms with Crippen molar-refractivity contribution in [2.45, 2.75) is 0 Å². The van der Waals surface area contributed by atoms with Crippen LogP contribution in [0.15, 0.2) is 52.0 Å². The van der Waals surface area contributed by atoms with Gasteiger partial charge in [0.2, 0.25) is 11.8 Å². The molecule has 0 saturated heterocycles. The molecule has 0 aliphatic rings. The first-order valence-corrected chi connectivity index (χ1v) is 4.70. The molecular formula is C11H7N3O2. The minimum atomic E-state index is 0.480. The fourth-order valence-corrected chi connectivity index (χ4v) is 1.37. The van der Waals surface area contributed by atoms with E-state index in [-0.39, 0.29) is 0 Å². The van der Waals surface area contributed by atoms with Crippen LogP contribution in [0.25, 0.3) is 23.2 Å². The molecule has 0 saturated carbocycles. The summed E-state index contributed by atoms with van der Waals surface area (Å²) < 4.78 is 10.3. The van der Waals surface area contributed by atoms with Crippen LogP contribution in [0, 0.1) is 0 Å². The maximum atomic E-state index is 5.17.